The molecule has 1 rings (SSSR count). The molecule has 16 heavy (non-hydrogen) atoms. The van der Waals surface area contributed by atoms with Crippen LogP contribution < -0.4 is 0 Å². The predicted octanol–water partition coefficient (Wildman–Crippen LogP) is 2.89. The van der Waals surface area contributed by atoms with E-state index in [1.54, 1.807) is 6.08 Å². The van der Waals surface area contributed by atoms with Crippen molar-refractivity contribution >= 4 is 22.6 Å². The summed E-state index contributed by atoms with van der Waals surface area (Å²) >= 11 is 1.25. The van der Waals surface area contributed by atoms with Crippen LogP contribution in [0, 0.1) is 0 Å². The van der Waals surface area contributed by atoms with Crippen LogP contribution in [0.4, 0.5) is 0 Å². The van der Waals surface area contributed by atoms with E-state index in [4.69, 9.17) is 0 Å². The van der Waals surface area contributed by atoms with Gasteiger partial charge < -0.3 is 5.11 Å². The van der Waals surface area contributed by atoms with Gasteiger partial charge in [-0.15, -0.1) is 6.58 Å². The van der Waals surface area contributed by atoms with Crippen molar-refractivity contribution in [3.63, 3.8) is 0 Å². The van der Waals surface area contributed by atoms with Gasteiger partial charge in [-0.25, -0.2) is 0 Å². The van der Waals surface area contributed by atoms with Gasteiger partial charge in [0.05, 0.1) is 17.8 Å². The van der Waals surface area contributed by atoms with E-state index in [1.165, 1.54) is 18.7 Å². The molecule has 0 aromatic rings. The number of nitrogens with zero attached hydrogens (tertiary/aromatic N) is 1. The molecular weight excluding hydrogens is 222 g/mol. The summed E-state index contributed by atoms with van der Waals surface area (Å²) in [7, 11) is 0. The third-order valence-corrected chi connectivity index (χ3v) is 3.31. The van der Waals surface area contributed by atoms with Crippen LogP contribution in [0.25, 0.3) is 0 Å². The van der Waals surface area contributed by atoms with Crippen molar-refractivity contribution in [1.82, 2.24) is 0 Å². The molecule has 1 N–H and O–H groups in total. The largest absolute Gasteiger partial charge is 0.512 e. The van der Waals surface area contributed by atoms with Gasteiger partial charge in [-0.1, -0.05) is 17.8 Å². The van der Waals surface area contributed by atoms with Crippen LogP contribution in [0.15, 0.2) is 29.0 Å². The van der Waals surface area contributed by atoms with Gasteiger partial charge in [0.1, 0.15) is 5.76 Å². The number of carbonyl (C=O) groups excluding carboxylic acids is 1. The summed E-state index contributed by atoms with van der Waals surface area (Å²) in [5.74, 6) is 0.0517. The number of rotatable bonds is 2. The van der Waals surface area contributed by atoms with Gasteiger partial charge in [-0.3, -0.25) is 9.79 Å². The molecule has 0 bridgehead atoms. The summed E-state index contributed by atoms with van der Waals surface area (Å²) in [6.07, 6.45) is 2.36. The van der Waals surface area contributed by atoms with Gasteiger partial charge in [0, 0.05) is 11.2 Å². The highest BCUT2D eigenvalue weighted by atomic mass is 32.2. The zero-order chi connectivity index (χ0) is 12.3. The molecule has 3 nitrogen and oxygen atoms in total. The number of carbonyl (C=O) groups is 1. The minimum atomic E-state index is -0.157. The number of aliphatic imine (C=N–C) groups is 1. The van der Waals surface area contributed by atoms with E-state index in [-0.39, 0.29) is 15.6 Å². The summed E-state index contributed by atoms with van der Waals surface area (Å²) < 4.78 is -0.157. The summed E-state index contributed by atoms with van der Waals surface area (Å²) in [6, 6.07) is 0. The topological polar surface area (TPSA) is 49.7 Å². The lowest BCUT2D eigenvalue weighted by molar-refractivity contribution is -0.107. The molecule has 0 saturated carbocycles. The van der Waals surface area contributed by atoms with Crippen LogP contribution in [-0.2, 0) is 4.79 Å². The second-order valence-corrected chi connectivity index (χ2v) is 6.04. The van der Waals surface area contributed by atoms with E-state index in [9.17, 15) is 9.90 Å². The standard InChI is InChI=1S/C12H17NO2S/c1-5-6-13-9-7-12(3,4)16-11(15)10(9)8(2)14/h5,14H,1,6-7H2,2-4H3/b10-8+,13-9?. The van der Waals surface area contributed by atoms with Crippen LogP contribution >= 0.6 is 11.8 Å². The van der Waals surface area contributed by atoms with Gasteiger partial charge in [-0.2, -0.15) is 0 Å². The summed E-state index contributed by atoms with van der Waals surface area (Å²) in [4.78, 5) is 16.2. The number of aliphatic hydroxyl groups is 1. The zero-order valence-corrected chi connectivity index (χ0v) is 10.7. The maximum atomic E-state index is 11.9. The molecule has 0 aromatic carbocycles. The molecular formula is C12H17NO2S. The minimum Gasteiger partial charge on any atom is -0.512 e. The number of aliphatic hydroxyl groups excluding tert-OH is 1. The minimum absolute atomic E-state index is 0.0517. The monoisotopic (exact) mass is 239 g/mol. The van der Waals surface area contributed by atoms with Crippen molar-refractivity contribution in [2.24, 2.45) is 4.99 Å². The number of hydrogen-bond donors (Lipinski definition) is 1. The summed E-state index contributed by atoms with van der Waals surface area (Å²) in [6.45, 7) is 9.60. The maximum Gasteiger partial charge on any atom is 0.225 e. The molecule has 1 heterocycles. The Balaban J connectivity index is 3.13. The van der Waals surface area contributed by atoms with Gasteiger partial charge in [0.2, 0.25) is 5.12 Å². The molecule has 0 atom stereocenters. The van der Waals surface area contributed by atoms with Gasteiger partial charge in [0.25, 0.3) is 0 Å². The Kier molecular flexibility index (Phi) is 3.97. The molecule has 88 valence electrons. The highest BCUT2D eigenvalue weighted by molar-refractivity contribution is 8.15. The second kappa shape index (κ2) is 4.87. The normalized spacial score (nSPS) is 25.7. The van der Waals surface area contributed by atoms with E-state index in [2.05, 4.69) is 11.6 Å². The quantitative estimate of drug-likeness (QED) is 0.458. The first-order chi connectivity index (χ1) is 7.37. The lowest BCUT2D eigenvalue weighted by atomic mass is 9.98. The Morgan fingerprint density at radius 3 is 2.81 bits per heavy atom. The number of hydrogen-bond acceptors (Lipinski definition) is 4. The fraction of sp³-hybridized carbons (Fsp3) is 0.500. The van der Waals surface area contributed by atoms with Crippen molar-refractivity contribution in [1.29, 1.82) is 0 Å². The predicted molar refractivity (Wildman–Crippen MR) is 69.1 cm³/mol. The molecule has 0 spiro atoms. The summed E-state index contributed by atoms with van der Waals surface area (Å²) in [5, 5.41) is 9.43. The smallest absolute Gasteiger partial charge is 0.225 e. The molecule has 1 saturated heterocycles. The van der Waals surface area contributed by atoms with E-state index in [0.29, 0.717) is 24.3 Å². The van der Waals surface area contributed by atoms with Crippen molar-refractivity contribution in [2.75, 3.05) is 6.54 Å². The molecule has 1 fully saturated rings. The van der Waals surface area contributed by atoms with Crippen molar-refractivity contribution in [3.05, 3.63) is 24.0 Å². The first kappa shape index (κ1) is 13.0. The highest BCUT2D eigenvalue weighted by Crippen LogP contribution is 2.38. The van der Waals surface area contributed by atoms with Crippen molar-refractivity contribution in [2.45, 2.75) is 31.9 Å². The van der Waals surface area contributed by atoms with E-state index in [1.807, 2.05) is 13.8 Å². The average molecular weight is 239 g/mol. The number of allylic oxidation sites excluding steroid dienone is 1. The Morgan fingerprint density at radius 2 is 2.31 bits per heavy atom. The Labute approximate surface area is 100 Å². The Hall–Kier alpha value is -1.03. The zero-order valence-electron chi connectivity index (χ0n) is 9.91. The van der Waals surface area contributed by atoms with Crippen LogP contribution in [0.5, 0.6) is 0 Å². The molecule has 0 unspecified atom stereocenters. The van der Waals surface area contributed by atoms with E-state index in [0.717, 1.165) is 0 Å². The molecule has 0 aliphatic carbocycles. The molecule has 1 aliphatic heterocycles. The van der Waals surface area contributed by atoms with Crippen LogP contribution in [0.1, 0.15) is 27.2 Å². The first-order valence-electron chi connectivity index (χ1n) is 5.15. The Bertz CT molecular complexity index is 376. The van der Waals surface area contributed by atoms with Crippen LogP contribution in [0.3, 0.4) is 0 Å². The van der Waals surface area contributed by atoms with E-state index >= 15 is 0 Å². The SMILES string of the molecule is C=CCN=C1CC(C)(C)SC(=O)/C1=C(\C)O. The van der Waals surface area contributed by atoms with Gasteiger partial charge in [0.15, 0.2) is 0 Å². The average Bonchev–Trinajstić information content (AvgIpc) is 2.10. The lowest BCUT2D eigenvalue weighted by Gasteiger charge is -2.30. The van der Waals surface area contributed by atoms with Crippen molar-refractivity contribution < 1.29 is 9.90 Å². The first-order valence-corrected chi connectivity index (χ1v) is 5.97. The second-order valence-electron chi connectivity index (χ2n) is 4.36. The maximum absolute atomic E-state index is 11.9. The lowest BCUT2D eigenvalue weighted by Crippen LogP contribution is -2.32. The fourth-order valence-electron chi connectivity index (χ4n) is 1.61. The molecule has 1 aliphatic rings. The van der Waals surface area contributed by atoms with Gasteiger partial charge in [-0.05, 0) is 20.8 Å². The third-order valence-electron chi connectivity index (χ3n) is 2.23. The highest BCUT2D eigenvalue weighted by Gasteiger charge is 2.36. The number of thioether (sulfide) groups is 1. The van der Waals surface area contributed by atoms with E-state index < -0.39 is 0 Å². The van der Waals surface area contributed by atoms with Crippen LogP contribution in [-0.4, -0.2) is 27.2 Å². The molecule has 4 heteroatoms. The van der Waals surface area contributed by atoms with Gasteiger partial charge >= 0.3 is 0 Å². The molecule has 0 amide bonds. The van der Waals surface area contributed by atoms with Crippen molar-refractivity contribution in [3.8, 4) is 0 Å². The summed E-state index contributed by atoms with van der Waals surface area (Å²) in [5.41, 5.74) is 1.06. The Morgan fingerprint density at radius 1 is 1.69 bits per heavy atom. The molecule has 0 aromatic heterocycles. The van der Waals surface area contributed by atoms with Crippen LogP contribution in [0.2, 0.25) is 0 Å². The fourth-order valence-corrected chi connectivity index (χ4v) is 2.69. The molecule has 0 radical (unpaired) electrons. The third kappa shape index (κ3) is 2.98.